The standard InChI is InChI=1S/C27H28Cl2FN3O4S/c1-4-31-27(35)19(3)32(16-20-7-14-24(28)25(29)15-20)26(34)17-33(22-10-5-18(2)6-11-22)38(36,37)23-12-8-21(30)9-13-23/h5-15,19H,4,16-17H2,1-3H3,(H,31,35)/t19-/m0/s1. The summed E-state index contributed by atoms with van der Waals surface area (Å²) in [7, 11) is -4.27. The second-order valence-corrected chi connectivity index (χ2v) is 11.3. The fraction of sp³-hybridized carbons (Fsp3) is 0.259. The van der Waals surface area contributed by atoms with Crippen LogP contribution in [0, 0.1) is 12.7 Å². The Hall–Kier alpha value is -3.14. The van der Waals surface area contributed by atoms with Crippen LogP contribution in [0.25, 0.3) is 0 Å². The van der Waals surface area contributed by atoms with E-state index >= 15 is 0 Å². The van der Waals surface area contributed by atoms with Crippen LogP contribution in [-0.2, 0) is 26.2 Å². The molecule has 0 aliphatic heterocycles. The zero-order valence-electron chi connectivity index (χ0n) is 21.1. The molecule has 0 radical (unpaired) electrons. The Morgan fingerprint density at radius 3 is 2.18 bits per heavy atom. The molecule has 3 aromatic rings. The molecule has 0 aliphatic rings. The Kier molecular flexibility index (Phi) is 9.76. The van der Waals surface area contributed by atoms with Gasteiger partial charge in [-0.15, -0.1) is 0 Å². The largest absolute Gasteiger partial charge is 0.355 e. The average molecular weight is 581 g/mol. The lowest BCUT2D eigenvalue weighted by molar-refractivity contribution is -0.139. The molecule has 0 spiro atoms. The summed E-state index contributed by atoms with van der Waals surface area (Å²) in [5.41, 5.74) is 1.74. The number of sulfonamides is 1. The van der Waals surface area contributed by atoms with E-state index in [0.29, 0.717) is 17.1 Å². The van der Waals surface area contributed by atoms with Crippen LogP contribution in [-0.4, -0.2) is 44.3 Å². The van der Waals surface area contributed by atoms with Gasteiger partial charge in [0.05, 0.1) is 20.6 Å². The minimum absolute atomic E-state index is 0.0215. The van der Waals surface area contributed by atoms with Crippen LogP contribution in [0.1, 0.15) is 25.0 Å². The molecule has 0 bridgehead atoms. The third kappa shape index (κ3) is 7.03. The van der Waals surface area contributed by atoms with Crippen molar-refractivity contribution in [2.24, 2.45) is 0 Å². The van der Waals surface area contributed by atoms with E-state index in [-0.39, 0.29) is 22.2 Å². The Labute approximate surface area is 232 Å². The molecule has 0 unspecified atom stereocenters. The van der Waals surface area contributed by atoms with E-state index < -0.39 is 40.2 Å². The van der Waals surface area contributed by atoms with Gasteiger partial charge in [-0.05, 0) is 74.9 Å². The maximum Gasteiger partial charge on any atom is 0.264 e. The van der Waals surface area contributed by atoms with Gasteiger partial charge in [0.2, 0.25) is 11.8 Å². The number of carbonyl (C=O) groups excluding carboxylic acids is 2. The number of benzene rings is 3. The van der Waals surface area contributed by atoms with Gasteiger partial charge in [-0.3, -0.25) is 13.9 Å². The van der Waals surface area contributed by atoms with Gasteiger partial charge >= 0.3 is 0 Å². The van der Waals surface area contributed by atoms with Gasteiger partial charge in [-0.1, -0.05) is 47.0 Å². The summed E-state index contributed by atoms with van der Waals surface area (Å²) in [6.45, 7) is 4.89. The molecule has 202 valence electrons. The lowest BCUT2D eigenvalue weighted by Crippen LogP contribution is -2.51. The van der Waals surface area contributed by atoms with Gasteiger partial charge in [0.1, 0.15) is 18.4 Å². The molecular weight excluding hydrogens is 552 g/mol. The van der Waals surface area contributed by atoms with Crippen molar-refractivity contribution in [2.75, 3.05) is 17.4 Å². The molecule has 0 aliphatic carbocycles. The predicted molar refractivity (Wildman–Crippen MR) is 147 cm³/mol. The second kappa shape index (κ2) is 12.6. The molecule has 7 nitrogen and oxygen atoms in total. The lowest BCUT2D eigenvalue weighted by atomic mass is 10.1. The second-order valence-electron chi connectivity index (χ2n) is 8.64. The van der Waals surface area contributed by atoms with Crippen molar-refractivity contribution in [1.29, 1.82) is 0 Å². The topological polar surface area (TPSA) is 86.8 Å². The number of likely N-dealkylation sites (N-methyl/N-ethyl adjacent to an activating group) is 1. The molecule has 0 aromatic heterocycles. The fourth-order valence-corrected chi connectivity index (χ4v) is 5.45. The number of rotatable bonds is 10. The molecule has 1 N–H and O–H groups in total. The molecule has 2 amide bonds. The summed E-state index contributed by atoms with van der Waals surface area (Å²) >= 11 is 12.2. The highest BCUT2D eigenvalue weighted by atomic mass is 35.5. The third-order valence-corrected chi connectivity index (χ3v) is 8.38. The first-order valence-electron chi connectivity index (χ1n) is 11.8. The van der Waals surface area contributed by atoms with E-state index in [2.05, 4.69) is 5.32 Å². The number of halogens is 3. The highest BCUT2D eigenvalue weighted by molar-refractivity contribution is 7.92. The highest BCUT2D eigenvalue weighted by Gasteiger charge is 2.32. The summed E-state index contributed by atoms with van der Waals surface area (Å²) < 4.78 is 41.8. The van der Waals surface area contributed by atoms with Crippen molar-refractivity contribution < 1.29 is 22.4 Å². The number of nitrogens with one attached hydrogen (secondary N) is 1. The smallest absolute Gasteiger partial charge is 0.264 e. The quantitative estimate of drug-likeness (QED) is 0.358. The van der Waals surface area contributed by atoms with Crippen molar-refractivity contribution in [3.63, 3.8) is 0 Å². The van der Waals surface area contributed by atoms with Crippen LogP contribution in [0.2, 0.25) is 10.0 Å². The van der Waals surface area contributed by atoms with Crippen molar-refractivity contribution in [1.82, 2.24) is 10.2 Å². The summed E-state index contributed by atoms with van der Waals surface area (Å²) in [6, 6.07) is 14.9. The van der Waals surface area contributed by atoms with Crippen LogP contribution in [0.3, 0.4) is 0 Å². The van der Waals surface area contributed by atoms with Crippen LogP contribution >= 0.6 is 23.2 Å². The van der Waals surface area contributed by atoms with E-state index in [9.17, 15) is 22.4 Å². The molecule has 0 fully saturated rings. The van der Waals surface area contributed by atoms with Crippen LogP contribution in [0.5, 0.6) is 0 Å². The zero-order chi connectivity index (χ0) is 28.0. The first-order chi connectivity index (χ1) is 17.9. The minimum atomic E-state index is -4.27. The number of amides is 2. The zero-order valence-corrected chi connectivity index (χ0v) is 23.4. The Balaban J connectivity index is 2.03. The Morgan fingerprint density at radius 1 is 0.974 bits per heavy atom. The number of aryl methyl sites for hydroxylation is 1. The first kappa shape index (κ1) is 29.4. The summed E-state index contributed by atoms with van der Waals surface area (Å²) in [6.07, 6.45) is 0. The maximum atomic E-state index is 13.8. The van der Waals surface area contributed by atoms with Crippen molar-refractivity contribution in [2.45, 2.75) is 38.3 Å². The lowest BCUT2D eigenvalue weighted by Gasteiger charge is -2.32. The molecule has 0 saturated carbocycles. The van der Waals surface area contributed by atoms with Gasteiger partial charge in [0, 0.05) is 13.1 Å². The van der Waals surface area contributed by atoms with E-state index in [1.165, 1.54) is 4.90 Å². The molecule has 3 rings (SSSR count). The van der Waals surface area contributed by atoms with E-state index in [0.717, 1.165) is 34.1 Å². The predicted octanol–water partition coefficient (Wildman–Crippen LogP) is 5.19. The van der Waals surface area contributed by atoms with Crippen LogP contribution in [0.15, 0.2) is 71.6 Å². The van der Waals surface area contributed by atoms with E-state index in [1.807, 2.05) is 6.92 Å². The average Bonchev–Trinajstić information content (AvgIpc) is 2.88. The van der Waals surface area contributed by atoms with Crippen molar-refractivity contribution in [3.05, 3.63) is 93.7 Å². The van der Waals surface area contributed by atoms with Gasteiger partial charge in [-0.25, -0.2) is 12.8 Å². The molecule has 3 aromatic carbocycles. The number of hydrogen-bond acceptors (Lipinski definition) is 4. The van der Waals surface area contributed by atoms with E-state index in [4.69, 9.17) is 23.2 Å². The number of hydrogen-bond donors (Lipinski definition) is 1. The molecular formula is C27H28Cl2FN3O4S. The monoisotopic (exact) mass is 579 g/mol. The number of nitrogens with zero attached hydrogens (tertiary/aromatic N) is 2. The molecule has 1 atom stereocenters. The van der Waals surface area contributed by atoms with Gasteiger partial charge in [0.25, 0.3) is 10.0 Å². The molecule has 11 heteroatoms. The van der Waals surface area contributed by atoms with Crippen molar-refractivity contribution >= 4 is 50.7 Å². The molecule has 38 heavy (non-hydrogen) atoms. The summed E-state index contributed by atoms with van der Waals surface area (Å²) in [5, 5.41) is 3.31. The van der Waals surface area contributed by atoms with Gasteiger partial charge in [-0.2, -0.15) is 0 Å². The Morgan fingerprint density at radius 2 is 1.61 bits per heavy atom. The third-order valence-electron chi connectivity index (χ3n) is 5.86. The van der Waals surface area contributed by atoms with Crippen LogP contribution < -0.4 is 9.62 Å². The highest BCUT2D eigenvalue weighted by Crippen LogP contribution is 2.26. The van der Waals surface area contributed by atoms with E-state index in [1.54, 1.807) is 56.3 Å². The van der Waals surface area contributed by atoms with Gasteiger partial charge < -0.3 is 10.2 Å². The van der Waals surface area contributed by atoms with Gasteiger partial charge in [0.15, 0.2) is 0 Å². The molecule has 0 saturated heterocycles. The first-order valence-corrected chi connectivity index (χ1v) is 14.0. The fourth-order valence-electron chi connectivity index (χ4n) is 3.71. The number of carbonyl (C=O) groups is 2. The van der Waals surface area contributed by atoms with Crippen molar-refractivity contribution in [3.8, 4) is 0 Å². The SMILES string of the molecule is CCNC(=O)[C@H](C)N(Cc1ccc(Cl)c(Cl)c1)C(=O)CN(c1ccc(C)cc1)S(=O)(=O)c1ccc(F)cc1. The normalized spacial score (nSPS) is 12.1. The minimum Gasteiger partial charge on any atom is -0.355 e. The summed E-state index contributed by atoms with van der Waals surface area (Å²) in [5.74, 6) is -1.62. The summed E-state index contributed by atoms with van der Waals surface area (Å²) in [4.78, 5) is 27.6. The van der Waals surface area contributed by atoms with Crippen LogP contribution in [0.4, 0.5) is 10.1 Å². The molecule has 0 heterocycles. The Bertz CT molecular complexity index is 1400. The maximum absolute atomic E-state index is 13.8. The number of anilines is 1.